The smallest absolute Gasteiger partial charge is 0.325 e. The van der Waals surface area contributed by atoms with E-state index >= 15 is 0 Å². The summed E-state index contributed by atoms with van der Waals surface area (Å²) in [4.78, 5) is 25.6. The summed E-state index contributed by atoms with van der Waals surface area (Å²) in [5.74, 6) is -1.30. The molecule has 0 fully saturated rings. The van der Waals surface area contributed by atoms with Gasteiger partial charge in [0.25, 0.3) is 0 Å². The lowest BCUT2D eigenvalue weighted by Gasteiger charge is -2.34. The number of nitrogen functional groups attached to an aromatic ring is 1. The van der Waals surface area contributed by atoms with Gasteiger partial charge in [0.1, 0.15) is 12.4 Å². The molecule has 1 rings (SSSR count). The van der Waals surface area contributed by atoms with Crippen LogP contribution in [0.1, 0.15) is 45.7 Å². The number of hydrogen-bond donors (Lipinski definition) is 1. The zero-order valence-corrected chi connectivity index (χ0v) is 14.1. The Hall–Kier alpha value is -2.11. The molecule has 0 aliphatic rings. The van der Waals surface area contributed by atoms with E-state index in [1.807, 2.05) is 13.8 Å². The van der Waals surface area contributed by atoms with Gasteiger partial charge in [0.05, 0.1) is 12.6 Å². The van der Waals surface area contributed by atoms with Crippen molar-refractivity contribution in [2.24, 2.45) is 5.92 Å². The molecule has 1 aromatic rings. The molecule has 0 aliphatic heterocycles. The first kappa shape index (κ1) is 18.9. The standard InChI is InChI=1S/C17H25FN2O3/c1-5-15(21)20(10-16(22)23-6-2)17(11(3)4)13-9-12(19)7-8-14(13)18/h7-9,11,17H,5-6,10,19H2,1-4H3. The van der Waals surface area contributed by atoms with Crippen molar-refractivity contribution in [3.05, 3.63) is 29.6 Å². The minimum absolute atomic E-state index is 0.101. The van der Waals surface area contributed by atoms with Crippen LogP contribution >= 0.6 is 0 Å². The normalized spacial score (nSPS) is 12.1. The number of anilines is 1. The van der Waals surface area contributed by atoms with Crippen LogP contribution in [0.3, 0.4) is 0 Å². The lowest BCUT2D eigenvalue weighted by molar-refractivity contribution is -0.151. The number of esters is 1. The lowest BCUT2D eigenvalue weighted by Crippen LogP contribution is -2.41. The highest BCUT2D eigenvalue weighted by atomic mass is 19.1. The summed E-state index contributed by atoms with van der Waals surface area (Å²) in [6.07, 6.45) is 0.215. The Kier molecular flexibility index (Phi) is 7.00. The average Bonchev–Trinajstić information content (AvgIpc) is 2.49. The Labute approximate surface area is 136 Å². The van der Waals surface area contributed by atoms with Crippen LogP contribution in [0.15, 0.2) is 18.2 Å². The van der Waals surface area contributed by atoms with Gasteiger partial charge in [0, 0.05) is 17.7 Å². The highest BCUT2D eigenvalue weighted by molar-refractivity contribution is 5.82. The predicted molar refractivity (Wildman–Crippen MR) is 87.0 cm³/mol. The molecule has 0 saturated carbocycles. The van der Waals surface area contributed by atoms with Gasteiger partial charge in [-0.25, -0.2) is 4.39 Å². The van der Waals surface area contributed by atoms with Gasteiger partial charge >= 0.3 is 5.97 Å². The van der Waals surface area contributed by atoms with E-state index in [-0.39, 0.29) is 31.4 Å². The molecule has 23 heavy (non-hydrogen) atoms. The third-order valence-electron chi connectivity index (χ3n) is 3.53. The first-order valence-corrected chi connectivity index (χ1v) is 7.81. The molecule has 0 aromatic heterocycles. The summed E-state index contributed by atoms with van der Waals surface area (Å²) in [5, 5.41) is 0. The van der Waals surface area contributed by atoms with Gasteiger partial charge < -0.3 is 15.4 Å². The fraction of sp³-hybridized carbons (Fsp3) is 0.529. The molecule has 0 bridgehead atoms. The highest BCUT2D eigenvalue weighted by Crippen LogP contribution is 2.32. The van der Waals surface area contributed by atoms with Gasteiger partial charge in [-0.15, -0.1) is 0 Å². The second-order valence-corrected chi connectivity index (χ2v) is 5.65. The number of rotatable bonds is 7. The molecule has 0 heterocycles. The molecule has 1 aromatic carbocycles. The molecule has 5 nitrogen and oxygen atoms in total. The van der Waals surface area contributed by atoms with Gasteiger partial charge in [0.15, 0.2) is 0 Å². The molecule has 1 amide bonds. The molecular weight excluding hydrogens is 299 g/mol. The molecule has 6 heteroatoms. The highest BCUT2D eigenvalue weighted by Gasteiger charge is 2.31. The fourth-order valence-electron chi connectivity index (χ4n) is 2.57. The maximum atomic E-state index is 14.3. The maximum Gasteiger partial charge on any atom is 0.325 e. The van der Waals surface area contributed by atoms with E-state index in [4.69, 9.17) is 10.5 Å². The maximum absolute atomic E-state index is 14.3. The molecule has 1 unspecified atom stereocenters. The number of carbonyl (C=O) groups is 2. The van der Waals surface area contributed by atoms with E-state index in [2.05, 4.69) is 0 Å². The minimum Gasteiger partial charge on any atom is -0.465 e. The van der Waals surface area contributed by atoms with Gasteiger partial charge in [0.2, 0.25) is 5.91 Å². The Morgan fingerprint density at radius 2 is 1.96 bits per heavy atom. The first-order chi connectivity index (χ1) is 10.8. The zero-order chi connectivity index (χ0) is 17.6. The van der Waals surface area contributed by atoms with E-state index in [0.29, 0.717) is 11.3 Å². The molecular formula is C17H25FN2O3. The minimum atomic E-state index is -0.588. The van der Waals surface area contributed by atoms with Gasteiger partial charge in [-0.1, -0.05) is 20.8 Å². The van der Waals surface area contributed by atoms with Gasteiger partial charge in [-0.2, -0.15) is 0 Å². The van der Waals surface area contributed by atoms with Crippen molar-refractivity contribution in [3.63, 3.8) is 0 Å². The Balaban J connectivity index is 3.27. The van der Waals surface area contributed by atoms with Crippen LogP contribution in [0.5, 0.6) is 0 Å². The summed E-state index contributed by atoms with van der Waals surface area (Å²) in [5.41, 5.74) is 6.48. The van der Waals surface area contributed by atoms with Crippen molar-refractivity contribution in [1.82, 2.24) is 4.90 Å². The Morgan fingerprint density at radius 1 is 1.30 bits per heavy atom. The van der Waals surface area contributed by atoms with Crippen molar-refractivity contribution < 1.29 is 18.7 Å². The van der Waals surface area contributed by atoms with E-state index in [1.54, 1.807) is 13.8 Å². The molecule has 0 saturated heterocycles. The molecule has 128 valence electrons. The van der Waals surface area contributed by atoms with Crippen LogP contribution in [0.4, 0.5) is 10.1 Å². The van der Waals surface area contributed by atoms with Crippen molar-refractivity contribution in [3.8, 4) is 0 Å². The predicted octanol–water partition coefficient (Wildman–Crippen LogP) is 2.91. The van der Waals surface area contributed by atoms with E-state index in [1.165, 1.54) is 23.1 Å². The van der Waals surface area contributed by atoms with Crippen molar-refractivity contribution >= 4 is 17.6 Å². The Bertz CT molecular complexity index is 561. The number of halogens is 1. The molecule has 1 atom stereocenters. The average molecular weight is 324 g/mol. The molecule has 0 aliphatic carbocycles. The van der Waals surface area contributed by atoms with Gasteiger partial charge in [-0.3, -0.25) is 9.59 Å². The number of ether oxygens (including phenoxy) is 1. The largest absolute Gasteiger partial charge is 0.465 e. The van der Waals surface area contributed by atoms with Crippen LogP contribution < -0.4 is 5.73 Å². The number of carbonyl (C=O) groups excluding carboxylic acids is 2. The van der Waals surface area contributed by atoms with Gasteiger partial charge in [-0.05, 0) is 31.0 Å². The van der Waals surface area contributed by atoms with Crippen LogP contribution in [0.25, 0.3) is 0 Å². The van der Waals surface area contributed by atoms with Crippen LogP contribution in [0, 0.1) is 11.7 Å². The number of nitrogens with two attached hydrogens (primary N) is 1. The molecule has 0 radical (unpaired) electrons. The summed E-state index contributed by atoms with van der Waals surface area (Å²) in [6, 6.07) is 3.67. The number of benzene rings is 1. The number of hydrogen-bond acceptors (Lipinski definition) is 4. The van der Waals surface area contributed by atoms with E-state index in [0.717, 1.165) is 0 Å². The fourth-order valence-corrected chi connectivity index (χ4v) is 2.57. The summed E-state index contributed by atoms with van der Waals surface area (Å²) in [7, 11) is 0. The van der Waals surface area contributed by atoms with Crippen molar-refractivity contribution in [1.29, 1.82) is 0 Å². The van der Waals surface area contributed by atoms with E-state index in [9.17, 15) is 14.0 Å². The number of amides is 1. The topological polar surface area (TPSA) is 72.6 Å². The quantitative estimate of drug-likeness (QED) is 0.618. The van der Waals surface area contributed by atoms with E-state index < -0.39 is 17.8 Å². The number of nitrogens with zero attached hydrogens (tertiary/aromatic N) is 1. The second-order valence-electron chi connectivity index (χ2n) is 5.65. The summed E-state index contributed by atoms with van der Waals surface area (Å²) < 4.78 is 19.2. The summed E-state index contributed by atoms with van der Waals surface area (Å²) in [6.45, 7) is 7.15. The van der Waals surface area contributed by atoms with Crippen LogP contribution in [-0.4, -0.2) is 29.9 Å². The zero-order valence-electron chi connectivity index (χ0n) is 14.1. The second kappa shape index (κ2) is 8.50. The van der Waals surface area contributed by atoms with Crippen LogP contribution in [0.2, 0.25) is 0 Å². The van der Waals surface area contributed by atoms with Crippen molar-refractivity contribution in [2.75, 3.05) is 18.9 Å². The third kappa shape index (κ3) is 4.94. The Morgan fingerprint density at radius 3 is 2.48 bits per heavy atom. The molecule has 0 spiro atoms. The lowest BCUT2D eigenvalue weighted by atomic mass is 9.93. The third-order valence-corrected chi connectivity index (χ3v) is 3.53. The SMILES string of the molecule is CCOC(=O)CN(C(=O)CC)C(c1cc(N)ccc1F)C(C)C. The van der Waals surface area contributed by atoms with Crippen molar-refractivity contribution in [2.45, 2.75) is 40.2 Å². The van der Waals surface area contributed by atoms with Crippen LogP contribution in [-0.2, 0) is 14.3 Å². The monoisotopic (exact) mass is 324 g/mol. The summed E-state index contributed by atoms with van der Waals surface area (Å²) >= 11 is 0. The molecule has 2 N–H and O–H groups in total. The first-order valence-electron chi connectivity index (χ1n) is 7.81.